The van der Waals surface area contributed by atoms with Gasteiger partial charge in [0.15, 0.2) is 0 Å². The van der Waals surface area contributed by atoms with Crippen molar-refractivity contribution in [2.24, 2.45) is 5.41 Å². The van der Waals surface area contributed by atoms with E-state index in [0.717, 1.165) is 0 Å². The molecule has 1 atom stereocenters. The maximum absolute atomic E-state index is 9.00. The van der Waals surface area contributed by atoms with Gasteiger partial charge in [-0.1, -0.05) is 0 Å². The fourth-order valence-corrected chi connectivity index (χ4v) is 1.22. The van der Waals surface area contributed by atoms with Crippen molar-refractivity contribution in [3.05, 3.63) is 0 Å². The molecule has 1 fully saturated rings. The summed E-state index contributed by atoms with van der Waals surface area (Å²) in [5.41, 5.74) is -0.962. The van der Waals surface area contributed by atoms with E-state index >= 15 is 0 Å². The minimum absolute atomic E-state index is 0.294. The standard InChI is InChI=1S/C7H15NO4/c9-3-7(4-10,5-11)6-8-1-2-12-6/h6,8-11H,1-5H2. The summed E-state index contributed by atoms with van der Waals surface area (Å²) in [4.78, 5) is 0. The summed E-state index contributed by atoms with van der Waals surface area (Å²) in [6, 6.07) is 0. The molecule has 1 aliphatic heterocycles. The van der Waals surface area contributed by atoms with Gasteiger partial charge in [-0.3, -0.25) is 5.32 Å². The predicted octanol–water partition coefficient (Wildman–Crippen LogP) is -2.10. The van der Waals surface area contributed by atoms with E-state index in [1.165, 1.54) is 0 Å². The number of aliphatic hydroxyl groups excluding tert-OH is 3. The highest BCUT2D eigenvalue weighted by molar-refractivity contribution is 4.87. The molecule has 0 aromatic heterocycles. The Bertz CT molecular complexity index is 123. The number of hydrogen-bond donors (Lipinski definition) is 4. The van der Waals surface area contributed by atoms with E-state index in [0.29, 0.717) is 13.2 Å². The third kappa shape index (κ3) is 1.60. The summed E-state index contributed by atoms with van der Waals surface area (Å²) in [7, 11) is 0. The van der Waals surface area contributed by atoms with Gasteiger partial charge >= 0.3 is 0 Å². The van der Waals surface area contributed by atoms with E-state index in [1.807, 2.05) is 0 Å². The zero-order valence-electron chi connectivity index (χ0n) is 6.86. The summed E-state index contributed by atoms with van der Waals surface area (Å²) in [6.45, 7) is 0.353. The van der Waals surface area contributed by atoms with Crippen molar-refractivity contribution in [3.8, 4) is 0 Å². The van der Waals surface area contributed by atoms with Crippen molar-refractivity contribution in [2.75, 3.05) is 33.0 Å². The van der Waals surface area contributed by atoms with Crippen LogP contribution in [0.5, 0.6) is 0 Å². The molecule has 1 rings (SSSR count). The van der Waals surface area contributed by atoms with Crippen LogP contribution in [-0.4, -0.2) is 54.5 Å². The van der Waals surface area contributed by atoms with Gasteiger partial charge in [0.05, 0.1) is 31.8 Å². The number of aliphatic hydroxyl groups is 3. The largest absolute Gasteiger partial charge is 0.395 e. The Hall–Kier alpha value is -0.200. The number of rotatable bonds is 4. The van der Waals surface area contributed by atoms with Crippen LogP contribution in [0, 0.1) is 5.41 Å². The Labute approximate surface area is 71.0 Å². The van der Waals surface area contributed by atoms with E-state index < -0.39 is 11.6 Å². The van der Waals surface area contributed by atoms with Gasteiger partial charge < -0.3 is 20.1 Å². The van der Waals surface area contributed by atoms with Crippen molar-refractivity contribution in [1.82, 2.24) is 5.32 Å². The molecule has 4 N–H and O–H groups in total. The topological polar surface area (TPSA) is 82.0 Å². The maximum Gasteiger partial charge on any atom is 0.120 e. The molecule has 0 aromatic rings. The predicted molar refractivity (Wildman–Crippen MR) is 41.4 cm³/mol. The van der Waals surface area contributed by atoms with Gasteiger partial charge in [-0.15, -0.1) is 0 Å². The Morgan fingerprint density at radius 2 is 1.83 bits per heavy atom. The van der Waals surface area contributed by atoms with Crippen LogP contribution in [0.15, 0.2) is 0 Å². The zero-order chi connectivity index (χ0) is 9.03. The van der Waals surface area contributed by atoms with Crippen molar-refractivity contribution in [1.29, 1.82) is 0 Å². The van der Waals surface area contributed by atoms with Gasteiger partial charge in [0.1, 0.15) is 6.23 Å². The normalized spacial score (nSPS) is 24.8. The average molecular weight is 177 g/mol. The molecule has 0 radical (unpaired) electrons. The van der Waals surface area contributed by atoms with E-state index in [4.69, 9.17) is 20.1 Å². The van der Waals surface area contributed by atoms with E-state index in [1.54, 1.807) is 0 Å². The smallest absolute Gasteiger partial charge is 0.120 e. The molecule has 0 aliphatic carbocycles. The Morgan fingerprint density at radius 3 is 2.17 bits per heavy atom. The lowest BCUT2D eigenvalue weighted by Crippen LogP contribution is -2.50. The Kier molecular flexibility index (Phi) is 3.42. The van der Waals surface area contributed by atoms with Crippen LogP contribution >= 0.6 is 0 Å². The molecule has 5 heteroatoms. The lowest BCUT2D eigenvalue weighted by Gasteiger charge is -2.32. The number of hydrogen-bond acceptors (Lipinski definition) is 5. The quantitative estimate of drug-likeness (QED) is 0.395. The molecular formula is C7H15NO4. The van der Waals surface area contributed by atoms with Crippen LogP contribution in [-0.2, 0) is 4.74 Å². The lowest BCUT2D eigenvalue weighted by molar-refractivity contribution is -0.0986. The molecular weight excluding hydrogens is 162 g/mol. The SMILES string of the molecule is OCC(CO)(CO)C1NCCO1. The van der Waals surface area contributed by atoms with Crippen LogP contribution in [0.1, 0.15) is 0 Å². The number of nitrogens with one attached hydrogen (secondary N) is 1. The van der Waals surface area contributed by atoms with Gasteiger partial charge in [-0.25, -0.2) is 0 Å². The Morgan fingerprint density at radius 1 is 1.25 bits per heavy atom. The number of ether oxygens (including phenoxy) is 1. The fourth-order valence-electron chi connectivity index (χ4n) is 1.22. The van der Waals surface area contributed by atoms with Gasteiger partial charge in [-0.05, 0) is 0 Å². The molecule has 1 unspecified atom stereocenters. The minimum atomic E-state index is -0.962. The van der Waals surface area contributed by atoms with E-state index in [-0.39, 0.29) is 19.8 Å². The van der Waals surface area contributed by atoms with Crippen molar-refractivity contribution in [3.63, 3.8) is 0 Å². The Balaban J connectivity index is 2.61. The molecule has 0 amide bonds. The molecule has 72 valence electrons. The summed E-state index contributed by atoms with van der Waals surface area (Å²) < 4.78 is 5.20. The van der Waals surface area contributed by atoms with Gasteiger partial charge in [0, 0.05) is 6.54 Å². The highest BCUT2D eigenvalue weighted by Gasteiger charge is 2.40. The molecule has 0 bridgehead atoms. The van der Waals surface area contributed by atoms with Gasteiger partial charge in [-0.2, -0.15) is 0 Å². The molecule has 0 saturated carbocycles. The maximum atomic E-state index is 9.00. The third-order valence-corrected chi connectivity index (χ3v) is 2.22. The first-order valence-corrected chi connectivity index (χ1v) is 3.96. The van der Waals surface area contributed by atoms with Crippen molar-refractivity contribution in [2.45, 2.75) is 6.23 Å². The summed E-state index contributed by atoms with van der Waals surface area (Å²) in [5.74, 6) is 0. The van der Waals surface area contributed by atoms with E-state index in [2.05, 4.69) is 5.32 Å². The summed E-state index contributed by atoms with van der Waals surface area (Å²) in [6.07, 6.45) is -0.447. The minimum Gasteiger partial charge on any atom is -0.395 e. The van der Waals surface area contributed by atoms with Crippen LogP contribution in [0.2, 0.25) is 0 Å². The molecule has 1 heterocycles. The van der Waals surface area contributed by atoms with Crippen LogP contribution in [0.4, 0.5) is 0 Å². The van der Waals surface area contributed by atoms with Crippen LogP contribution in [0.3, 0.4) is 0 Å². The molecule has 5 nitrogen and oxygen atoms in total. The highest BCUT2D eigenvalue weighted by atomic mass is 16.5. The summed E-state index contributed by atoms with van der Waals surface area (Å²) in [5, 5.41) is 29.9. The first-order valence-electron chi connectivity index (χ1n) is 3.96. The van der Waals surface area contributed by atoms with Crippen LogP contribution in [0.25, 0.3) is 0 Å². The first-order chi connectivity index (χ1) is 5.79. The highest BCUT2D eigenvalue weighted by Crippen LogP contribution is 2.23. The average Bonchev–Trinajstić information content (AvgIpc) is 2.62. The zero-order valence-corrected chi connectivity index (χ0v) is 6.86. The van der Waals surface area contributed by atoms with Gasteiger partial charge in [0.25, 0.3) is 0 Å². The van der Waals surface area contributed by atoms with Crippen molar-refractivity contribution < 1.29 is 20.1 Å². The second-order valence-electron chi connectivity index (χ2n) is 3.04. The molecule has 12 heavy (non-hydrogen) atoms. The third-order valence-electron chi connectivity index (χ3n) is 2.22. The molecule has 1 saturated heterocycles. The molecule has 0 spiro atoms. The molecule has 0 aromatic carbocycles. The van der Waals surface area contributed by atoms with Crippen LogP contribution < -0.4 is 5.32 Å². The lowest BCUT2D eigenvalue weighted by atomic mass is 9.89. The second kappa shape index (κ2) is 4.15. The first kappa shape index (κ1) is 9.88. The monoisotopic (exact) mass is 177 g/mol. The second-order valence-corrected chi connectivity index (χ2v) is 3.04. The fraction of sp³-hybridized carbons (Fsp3) is 1.00. The molecule has 1 aliphatic rings. The van der Waals surface area contributed by atoms with E-state index in [9.17, 15) is 0 Å². The summed E-state index contributed by atoms with van der Waals surface area (Å²) >= 11 is 0. The van der Waals surface area contributed by atoms with Crippen molar-refractivity contribution >= 4 is 0 Å². The van der Waals surface area contributed by atoms with Gasteiger partial charge in [0.2, 0.25) is 0 Å².